The molecular weight excluding hydrogens is 344 g/mol. The lowest BCUT2D eigenvalue weighted by Gasteiger charge is -2.33. The number of likely N-dealkylation sites (tertiary alicyclic amines) is 1. The second kappa shape index (κ2) is 7.51. The van der Waals surface area contributed by atoms with E-state index in [0.717, 1.165) is 18.2 Å². The molecule has 1 aromatic rings. The Hall–Kier alpha value is -2.31. The fourth-order valence-electron chi connectivity index (χ4n) is 3.96. The molecule has 5 nitrogen and oxygen atoms in total. The number of aliphatic carboxylic acids is 1. The number of hydrogen-bond acceptors (Lipinski definition) is 3. The number of carbonyl (C=O) groups is 3. The fraction of sp³-hybridized carbons (Fsp3) is 0.526. The Balaban J connectivity index is 1.57. The molecule has 26 heavy (non-hydrogen) atoms. The standard InChI is InChI=1S/C19H21F2NO4/c20-14-3-4-16(21)15(10-14)17(23)11-5-7-22(8-6-11)18(24)12-1-2-13(9-12)19(25)26/h3-4,10-13H,1-2,5-9H2,(H,25,26)/t12-,13+/m0/s1. The highest BCUT2D eigenvalue weighted by Gasteiger charge is 2.37. The monoisotopic (exact) mass is 365 g/mol. The number of Topliss-reactive ketones (excluding diaryl/α,β-unsaturated/α-hetero) is 1. The van der Waals surface area contributed by atoms with Crippen molar-refractivity contribution < 1.29 is 28.3 Å². The van der Waals surface area contributed by atoms with Crippen LogP contribution in [-0.2, 0) is 9.59 Å². The SMILES string of the molecule is O=C(c1cc(F)ccc1F)C1CCN(C(=O)[C@H]2CC[C@@H](C(=O)O)C2)CC1. The normalized spacial score (nSPS) is 23.8. The first-order chi connectivity index (χ1) is 12.4. The van der Waals surface area contributed by atoms with Gasteiger partial charge in [-0.2, -0.15) is 0 Å². The predicted octanol–water partition coefficient (Wildman–Crippen LogP) is 2.89. The first-order valence-corrected chi connectivity index (χ1v) is 8.87. The van der Waals surface area contributed by atoms with E-state index >= 15 is 0 Å². The minimum atomic E-state index is -0.860. The van der Waals surface area contributed by atoms with Gasteiger partial charge in [-0.1, -0.05) is 0 Å². The maximum Gasteiger partial charge on any atom is 0.306 e. The van der Waals surface area contributed by atoms with Gasteiger partial charge < -0.3 is 10.0 Å². The van der Waals surface area contributed by atoms with E-state index in [1.807, 2.05) is 0 Å². The molecule has 1 saturated heterocycles. The van der Waals surface area contributed by atoms with Gasteiger partial charge in [0.2, 0.25) is 5.91 Å². The molecular formula is C19H21F2NO4. The quantitative estimate of drug-likeness (QED) is 0.833. The smallest absolute Gasteiger partial charge is 0.306 e. The molecule has 0 bridgehead atoms. The first-order valence-electron chi connectivity index (χ1n) is 8.87. The van der Waals surface area contributed by atoms with Crippen molar-refractivity contribution in [3.8, 4) is 0 Å². The van der Waals surface area contributed by atoms with Gasteiger partial charge in [-0.3, -0.25) is 14.4 Å². The minimum absolute atomic E-state index is 0.0587. The molecule has 140 valence electrons. The van der Waals surface area contributed by atoms with Crippen molar-refractivity contribution in [3.05, 3.63) is 35.4 Å². The largest absolute Gasteiger partial charge is 0.481 e. The zero-order valence-corrected chi connectivity index (χ0v) is 14.3. The summed E-state index contributed by atoms with van der Waals surface area (Å²) < 4.78 is 27.1. The molecule has 1 aliphatic heterocycles. The van der Waals surface area contributed by atoms with Crippen LogP contribution in [-0.4, -0.2) is 40.8 Å². The summed E-state index contributed by atoms with van der Waals surface area (Å²) in [4.78, 5) is 37.7. The van der Waals surface area contributed by atoms with E-state index in [-0.39, 0.29) is 17.4 Å². The molecule has 1 aromatic carbocycles. The highest BCUT2D eigenvalue weighted by atomic mass is 19.1. The summed E-state index contributed by atoms with van der Waals surface area (Å²) in [5.41, 5.74) is -0.241. The summed E-state index contributed by atoms with van der Waals surface area (Å²) in [7, 11) is 0. The van der Waals surface area contributed by atoms with Gasteiger partial charge in [-0.15, -0.1) is 0 Å². The lowest BCUT2D eigenvalue weighted by molar-refractivity contribution is -0.141. The number of nitrogens with zero attached hydrogens (tertiary/aromatic N) is 1. The van der Waals surface area contributed by atoms with E-state index < -0.39 is 35.2 Å². The Morgan fingerprint density at radius 2 is 1.62 bits per heavy atom. The van der Waals surface area contributed by atoms with Crippen molar-refractivity contribution in [2.24, 2.45) is 17.8 Å². The van der Waals surface area contributed by atoms with Gasteiger partial charge >= 0.3 is 5.97 Å². The Labute approximate surface area is 150 Å². The fourth-order valence-corrected chi connectivity index (χ4v) is 3.96. The van der Waals surface area contributed by atoms with E-state index in [4.69, 9.17) is 5.11 Å². The van der Waals surface area contributed by atoms with Crippen LogP contribution in [0.5, 0.6) is 0 Å². The van der Waals surface area contributed by atoms with Gasteiger partial charge in [0.15, 0.2) is 5.78 Å². The van der Waals surface area contributed by atoms with Gasteiger partial charge in [0, 0.05) is 24.9 Å². The molecule has 2 fully saturated rings. The van der Waals surface area contributed by atoms with Crippen LogP contribution in [0.2, 0.25) is 0 Å². The number of halogens is 2. The van der Waals surface area contributed by atoms with Crippen LogP contribution >= 0.6 is 0 Å². The number of carboxylic acid groups (broad SMARTS) is 1. The van der Waals surface area contributed by atoms with E-state index in [2.05, 4.69) is 0 Å². The van der Waals surface area contributed by atoms with Gasteiger partial charge in [-0.05, 0) is 50.3 Å². The van der Waals surface area contributed by atoms with Crippen molar-refractivity contribution in [2.75, 3.05) is 13.1 Å². The lowest BCUT2D eigenvalue weighted by atomic mass is 9.88. The molecule has 1 saturated carbocycles. The molecule has 2 aliphatic rings. The van der Waals surface area contributed by atoms with Crippen molar-refractivity contribution in [2.45, 2.75) is 32.1 Å². The number of benzene rings is 1. The average Bonchev–Trinajstić information content (AvgIpc) is 3.13. The predicted molar refractivity (Wildman–Crippen MR) is 88.5 cm³/mol. The van der Waals surface area contributed by atoms with Crippen LogP contribution in [0.1, 0.15) is 42.5 Å². The number of rotatable bonds is 4. The highest BCUT2D eigenvalue weighted by Crippen LogP contribution is 2.33. The van der Waals surface area contributed by atoms with Crippen molar-refractivity contribution in [1.29, 1.82) is 0 Å². The molecule has 7 heteroatoms. The summed E-state index contributed by atoms with van der Waals surface area (Å²) >= 11 is 0. The van der Waals surface area contributed by atoms with Crippen LogP contribution < -0.4 is 0 Å². The number of amides is 1. The zero-order chi connectivity index (χ0) is 18.8. The maximum atomic E-state index is 13.8. The second-order valence-electron chi connectivity index (χ2n) is 7.13. The van der Waals surface area contributed by atoms with Crippen molar-refractivity contribution in [1.82, 2.24) is 4.90 Å². The second-order valence-corrected chi connectivity index (χ2v) is 7.13. The van der Waals surface area contributed by atoms with Gasteiger partial charge in [0.05, 0.1) is 11.5 Å². The Morgan fingerprint density at radius 1 is 0.962 bits per heavy atom. The van der Waals surface area contributed by atoms with Gasteiger partial charge in [0.25, 0.3) is 0 Å². The zero-order valence-electron chi connectivity index (χ0n) is 14.3. The highest BCUT2D eigenvalue weighted by molar-refractivity contribution is 5.98. The molecule has 3 rings (SSSR count). The first kappa shape index (κ1) is 18.5. The molecule has 1 heterocycles. The van der Waals surface area contributed by atoms with Crippen LogP contribution in [0.15, 0.2) is 18.2 Å². The Bertz CT molecular complexity index is 728. The number of carbonyl (C=O) groups excluding carboxylic acids is 2. The van der Waals surface area contributed by atoms with E-state index in [9.17, 15) is 23.2 Å². The Morgan fingerprint density at radius 3 is 2.23 bits per heavy atom. The molecule has 2 atom stereocenters. The molecule has 0 radical (unpaired) electrons. The van der Waals surface area contributed by atoms with Gasteiger partial charge in [-0.25, -0.2) is 8.78 Å². The summed E-state index contributed by atoms with van der Waals surface area (Å²) in [5, 5.41) is 9.05. The lowest BCUT2D eigenvalue weighted by Crippen LogP contribution is -2.42. The number of ketones is 1. The molecule has 1 amide bonds. The topological polar surface area (TPSA) is 74.7 Å². The summed E-state index contributed by atoms with van der Waals surface area (Å²) in [5.74, 6) is -3.91. The van der Waals surface area contributed by atoms with Gasteiger partial charge in [0.1, 0.15) is 11.6 Å². The minimum Gasteiger partial charge on any atom is -0.481 e. The number of carboxylic acids is 1. The third-order valence-corrected chi connectivity index (χ3v) is 5.50. The molecule has 0 unspecified atom stereocenters. The van der Waals surface area contributed by atoms with Crippen LogP contribution in [0, 0.1) is 29.4 Å². The van der Waals surface area contributed by atoms with E-state index in [0.29, 0.717) is 45.2 Å². The van der Waals surface area contributed by atoms with E-state index in [1.165, 1.54) is 0 Å². The number of piperidine rings is 1. The third-order valence-electron chi connectivity index (χ3n) is 5.50. The van der Waals surface area contributed by atoms with Crippen LogP contribution in [0.3, 0.4) is 0 Å². The molecule has 0 spiro atoms. The van der Waals surface area contributed by atoms with Crippen LogP contribution in [0.25, 0.3) is 0 Å². The molecule has 0 aromatic heterocycles. The summed E-state index contributed by atoms with van der Waals surface area (Å²) in [6, 6.07) is 2.83. The Kier molecular flexibility index (Phi) is 5.34. The van der Waals surface area contributed by atoms with Crippen molar-refractivity contribution in [3.63, 3.8) is 0 Å². The third kappa shape index (κ3) is 3.76. The van der Waals surface area contributed by atoms with E-state index in [1.54, 1.807) is 4.90 Å². The molecule has 1 aliphatic carbocycles. The molecule has 1 N–H and O–H groups in total. The average molecular weight is 365 g/mol. The van der Waals surface area contributed by atoms with Crippen molar-refractivity contribution >= 4 is 17.7 Å². The van der Waals surface area contributed by atoms with Crippen LogP contribution in [0.4, 0.5) is 8.78 Å². The summed E-state index contributed by atoms with van der Waals surface area (Å²) in [6.45, 7) is 0.751. The maximum absolute atomic E-state index is 13.8. The summed E-state index contributed by atoms with van der Waals surface area (Å²) in [6.07, 6.45) is 2.25. The number of hydrogen-bond donors (Lipinski definition) is 1.